The average Bonchev–Trinajstić information content (AvgIpc) is 2.74. The molecule has 0 aromatic heterocycles. The molecule has 3 aromatic carbocycles. The number of hydrogen-bond donors (Lipinski definition) is 0. The van der Waals surface area contributed by atoms with Crippen LogP contribution in [0.25, 0.3) is 0 Å². The lowest BCUT2D eigenvalue weighted by molar-refractivity contribution is 0.404. The number of anilines is 1. The van der Waals surface area contributed by atoms with Crippen molar-refractivity contribution in [2.24, 2.45) is 0 Å². The Morgan fingerprint density at radius 1 is 0.556 bits per heavy atom. The molecule has 0 unspecified atom stereocenters. The highest BCUT2D eigenvalue weighted by Gasteiger charge is 2.16. The van der Waals surface area contributed by atoms with E-state index in [0.29, 0.717) is 13.1 Å². The Balaban J connectivity index is 2.01. The zero-order valence-electron chi connectivity index (χ0n) is 16.0. The molecule has 0 bridgehead atoms. The fraction of sp³-hybridized carbons (Fsp3) is 0.217. The van der Waals surface area contributed by atoms with Gasteiger partial charge < -0.3 is 19.1 Å². The van der Waals surface area contributed by atoms with Crippen LogP contribution in [0, 0.1) is 0 Å². The maximum atomic E-state index is 5.61. The number of methoxy groups -OCH3 is 3. The van der Waals surface area contributed by atoms with Crippen LogP contribution in [0.1, 0.15) is 11.1 Å². The van der Waals surface area contributed by atoms with Gasteiger partial charge in [-0.25, -0.2) is 0 Å². The van der Waals surface area contributed by atoms with E-state index in [-0.39, 0.29) is 0 Å². The van der Waals surface area contributed by atoms with Crippen LogP contribution < -0.4 is 19.1 Å². The van der Waals surface area contributed by atoms with Crippen molar-refractivity contribution in [2.45, 2.75) is 13.1 Å². The van der Waals surface area contributed by atoms with E-state index in [0.717, 1.165) is 34.1 Å². The van der Waals surface area contributed by atoms with E-state index in [9.17, 15) is 0 Å². The molecule has 0 aliphatic rings. The van der Waals surface area contributed by atoms with Crippen molar-refractivity contribution in [3.05, 3.63) is 83.9 Å². The molecule has 3 rings (SSSR count). The number of benzene rings is 3. The predicted octanol–water partition coefficient (Wildman–Crippen LogP) is 4.92. The van der Waals surface area contributed by atoms with Crippen molar-refractivity contribution in [1.82, 2.24) is 0 Å². The zero-order chi connectivity index (χ0) is 19.1. The van der Waals surface area contributed by atoms with E-state index in [2.05, 4.69) is 23.1 Å². The first-order valence-electron chi connectivity index (χ1n) is 8.88. The minimum atomic E-state index is 0.683. The summed E-state index contributed by atoms with van der Waals surface area (Å²) in [7, 11) is 5.10. The van der Waals surface area contributed by atoms with E-state index in [4.69, 9.17) is 14.2 Å². The van der Waals surface area contributed by atoms with Crippen molar-refractivity contribution in [3.63, 3.8) is 0 Å². The summed E-state index contributed by atoms with van der Waals surface area (Å²) in [5.41, 5.74) is 3.25. The van der Waals surface area contributed by atoms with Crippen LogP contribution in [0.5, 0.6) is 17.2 Å². The molecule has 0 fully saturated rings. The van der Waals surface area contributed by atoms with Gasteiger partial charge in [0.25, 0.3) is 0 Å². The largest absolute Gasteiger partial charge is 0.496 e. The Bertz CT molecular complexity index is 829. The van der Waals surface area contributed by atoms with E-state index < -0.39 is 0 Å². The summed E-state index contributed by atoms with van der Waals surface area (Å²) in [6.45, 7) is 1.37. The molecule has 0 saturated heterocycles. The first-order chi connectivity index (χ1) is 13.3. The molecule has 0 saturated carbocycles. The fourth-order valence-electron chi connectivity index (χ4n) is 3.20. The molecule has 0 radical (unpaired) electrons. The van der Waals surface area contributed by atoms with E-state index >= 15 is 0 Å². The third-order valence-electron chi connectivity index (χ3n) is 4.53. The number of para-hydroxylation sites is 4. The van der Waals surface area contributed by atoms with Crippen LogP contribution >= 0.6 is 0 Å². The molecular formula is C23H25NO3. The number of rotatable bonds is 8. The molecule has 140 valence electrons. The van der Waals surface area contributed by atoms with Gasteiger partial charge in [0.1, 0.15) is 17.2 Å². The monoisotopic (exact) mass is 363 g/mol. The first-order valence-corrected chi connectivity index (χ1v) is 8.88. The smallest absolute Gasteiger partial charge is 0.142 e. The number of nitrogens with zero attached hydrogens (tertiary/aromatic N) is 1. The standard InChI is InChI=1S/C23H25NO3/c1-25-21-13-7-4-10-18(21)16-24(20-12-6-9-15-23(20)27-3)17-19-11-5-8-14-22(19)26-2/h4-15H,16-17H2,1-3H3. The molecule has 0 aliphatic heterocycles. The van der Waals surface area contributed by atoms with E-state index in [1.54, 1.807) is 21.3 Å². The maximum absolute atomic E-state index is 5.61. The second-order valence-corrected chi connectivity index (χ2v) is 6.15. The maximum Gasteiger partial charge on any atom is 0.142 e. The summed E-state index contributed by atoms with van der Waals surface area (Å²) in [5.74, 6) is 2.58. The molecule has 27 heavy (non-hydrogen) atoms. The van der Waals surface area contributed by atoms with Gasteiger partial charge in [-0.15, -0.1) is 0 Å². The second kappa shape index (κ2) is 8.99. The highest BCUT2D eigenvalue weighted by atomic mass is 16.5. The second-order valence-electron chi connectivity index (χ2n) is 6.15. The van der Waals surface area contributed by atoms with E-state index in [1.807, 2.05) is 54.6 Å². The summed E-state index contributed by atoms with van der Waals surface area (Å²) >= 11 is 0. The quantitative estimate of drug-likeness (QED) is 0.568. The lowest BCUT2D eigenvalue weighted by Crippen LogP contribution is -2.23. The van der Waals surface area contributed by atoms with Crippen LogP contribution in [0.3, 0.4) is 0 Å². The molecule has 4 heteroatoms. The van der Waals surface area contributed by atoms with Gasteiger partial charge in [0.05, 0.1) is 27.0 Å². The van der Waals surface area contributed by atoms with Crippen molar-refractivity contribution in [2.75, 3.05) is 26.2 Å². The topological polar surface area (TPSA) is 30.9 Å². The minimum Gasteiger partial charge on any atom is -0.496 e. The highest BCUT2D eigenvalue weighted by molar-refractivity contribution is 5.59. The van der Waals surface area contributed by atoms with E-state index in [1.165, 1.54) is 0 Å². The summed E-state index contributed by atoms with van der Waals surface area (Å²) in [6, 6.07) is 24.2. The number of hydrogen-bond acceptors (Lipinski definition) is 4. The summed E-state index contributed by atoms with van der Waals surface area (Å²) in [5, 5.41) is 0. The molecular weight excluding hydrogens is 338 g/mol. The van der Waals surface area contributed by atoms with Crippen molar-refractivity contribution >= 4 is 5.69 Å². The minimum absolute atomic E-state index is 0.683. The van der Waals surface area contributed by atoms with Crippen molar-refractivity contribution in [3.8, 4) is 17.2 Å². The Morgan fingerprint density at radius 2 is 0.963 bits per heavy atom. The van der Waals surface area contributed by atoms with Crippen molar-refractivity contribution < 1.29 is 14.2 Å². The van der Waals surface area contributed by atoms with Gasteiger partial charge in [-0.2, -0.15) is 0 Å². The molecule has 0 N–H and O–H groups in total. The fourth-order valence-corrected chi connectivity index (χ4v) is 3.20. The van der Waals surface area contributed by atoms with Gasteiger partial charge in [-0.05, 0) is 24.3 Å². The van der Waals surface area contributed by atoms with Crippen LogP contribution in [-0.2, 0) is 13.1 Å². The van der Waals surface area contributed by atoms with Crippen LogP contribution in [-0.4, -0.2) is 21.3 Å². The molecule has 0 aliphatic carbocycles. The Labute approximate surface area is 160 Å². The van der Waals surface area contributed by atoms with Gasteiger partial charge in [0.15, 0.2) is 0 Å². The van der Waals surface area contributed by atoms with Gasteiger partial charge >= 0.3 is 0 Å². The van der Waals surface area contributed by atoms with Crippen molar-refractivity contribution in [1.29, 1.82) is 0 Å². The Morgan fingerprint density at radius 3 is 1.44 bits per heavy atom. The average molecular weight is 363 g/mol. The Kier molecular flexibility index (Phi) is 6.21. The normalized spacial score (nSPS) is 10.3. The molecule has 0 atom stereocenters. The first kappa shape index (κ1) is 18.6. The number of ether oxygens (including phenoxy) is 3. The molecule has 0 spiro atoms. The SMILES string of the molecule is COc1ccccc1CN(Cc1ccccc1OC)c1ccccc1OC. The molecule has 3 aromatic rings. The molecule has 0 amide bonds. The van der Waals surface area contributed by atoms with Gasteiger partial charge in [0, 0.05) is 24.2 Å². The lowest BCUT2D eigenvalue weighted by Gasteiger charge is -2.28. The molecule has 0 heterocycles. The van der Waals surface area contributed by atoms with Crippen LogP contribution in [0.4, 0.5) is 5.69 Å². The summed E-state index contributed by atoms with van der Waals surface area (Å²) in [4.78, 5) is 2.27. The summed E-state index contributed by atoms with van der Waals surface area (Å²) < 4.78 is 16.7. The third kappa shape index (κ3) is 4.34. The van der Waals surface area contributed by atoms with Gasteiger partial charge in [0.2, 0.25) is 0 Å². The predicted molar refractivity (Wildman–Crippen MR) is 109 cm³/mol. The third-order valence-corrected chi connectivity index (χ3v) is 4.53. The Hall–Kier alpha value is -3.14. The van der Waals surface area contributed by atoms with Crippen LogP contribution in [0.2, 0.25) is 0 Å². The van der Waals surface area contributed by atoms with Crippen LogP contribution in [0.15, 0.2) is 72.8 Å². The summed E-state index contributed by atoms with van der Waals surface area (Å²) in [6.07, 6.45) is 0. The highest BCUT2D eigenvalue weighted by Crippen LogP contribution is 2.33. The van der Waals surface area contributed by atoms with Gasteiger partial charge in [-0.3, -0.25) is 0 Å². The molecule has 4 nitrogen and oxygen atoms in total. The van der Waals surface area contributed by atoms with Gasteiger partial charge in [-0.1, -0.05) is 48.5 Å². The lowest BCUT2D eigenvalue weighted by atomic mass is 10.1. The zero-order valence-corrected chi connectivity index (χ0v) is 16.0.